The molecule has 3 aromatic heterocycles. The summed E-state index contributed by atoms with van der Waals surface area (Å²) in [6.45, 7) is 4.21. The van der Waals surface area contributed by atoms with Gasteiger partial charge in [-0.15, -0.1) is 0 Å². The van der Waals surface area contributed by atoms with Crippen LogP contribution in [0.1, 0.15) is 27.0 Å². The maximum absolute atomic E-state index is 13.0. The van der Waals surface area contributed by atoms with Gasteiger partial charge in [0.2, 0.25) is 0 Å². The number of hydrogen-bond acceptors (Lipinski definition) is 4. The molecule has 0 spiro atoms. The first-order valence-corrected chi connectivity index (χ1v) is 9.26. The van der Waals surface area contributed by atoms with Crippen LogP contribution in [0.5, 0.6) is 0 Å². The van der Waals surface area contributed by atoms with Crippen LogP contribution < -0.4 is 11.0 Å². The summed E-state index contributed by atoms with van der Waals surface area (Å²) in [6.07, 6.45) is 2.20. The number of nitrogens with one attached hydrogen (secondary N) is 1. The molecular formula is C22H20N4O3. The molecular weight excluding hydrogens is 368 g/mol. The first-order chi connectivity index (χ1) is 13.9. The number of fused-ring (bicyclic) bond motifs is 2. The number of nitrogens with zero attached hydrogens (tertiary/aromatic N) is 3. The minimum atomic E-state index is -1.24. The van der Waals surface area contributed by atoms with Crippen LogP contribution in [-0.4, -0.2) is 25.0 Å². The zero-order chi connectivity index (χ0) is 20.7. The van der Waals surface area contributed by atoms with Gasteiger partial charge < -0.3 is 9.67 Å². The Hall–Kier alpha value is -3.74. The summed E-state index contributed by atoms with van der Waals surface area (Å²) in [5, 5.41) is 18.2. The average Bonchev–Trinajstić information content (AvgIpc) is 2.69. The second-order valence-electron chi connectivity index (χ2n) is 7.14. The zero-order valence-electron chi connectivity index (χ0n) is 16.1. The topological polar surface area (TPSA) is 100 Å². The number of aromatic carboxylic acids is 1. The van der Waals surface area contributed by atoms with Gasteiger partial charge in [-0.25, -0.2) is 9.78 Å². The van der Waals surface area contributed by atoms with Crippen molar-refractivity contribution < 1.29 is 9.90 Å². The van der Waals surface area contributed by atoms with Crippen LogP contribution >= 0.6 is 0 Å². The number of aromatic nitrogens is 3. The van der Waals surface area contributed by atoms with E-state index in [1.807, 2.05) is 44.2 Å². The highest BCUT2D eigenvalue weighted by Gasteiger charge is 2.17. The molecule has 0 aliphatic rings. The molecule has 4 rings (SSSR count). The van der Waals surface area contributed by atoms with Crippen molar-refractivity contribution in [3.8, 4) is 0 Å². The lowest BCUT2D eigenvalue weighted by Gasteiger charge is -2.14. The van der Waals surface area contributed by atoms with Crippen molar-refractivity contribution in [2.75, 3.05) is 0 Å². The molecule has 7 nitrogen and oxygen atoms in total. The predicted octanol–water partition coefficient (Wildman–Crippen LogP) is 2.69. The van der Waals surface area contributed by atoms with E-state index in [0.29, 0.717) is 24.3 Å². The quantitative estimate of drug-likeness (QED) is 0.525. The summed E-state index contributed by atoms with van der Waals surface area (Å²) in [5.41, 5.74) is 3.13. The highest BCUT2D eigenvalue weighted by Crippen LogP contribution is 2.14. The summed E-state index contributed by atoms with van der Waals surface area (Å²) in [7, 11) is 0. The second-order valence-corrected chi connectivity index (χ2v) is 7.14. The highest BCUT2D eigenvalue weighted by molar-refractivity contribution is 5.91. The lowest BCUT2D eigenvalue weighted by Crippen LogP contribution is -2.30. The number of carboxylic acids is 1. The maximum Gasteiger partial charge on any atom is 0.339 e. The van der Waals surface area contributed by atoms with Crippen molar-refractivity contribution in [3.05, 3.63) is 86.8 Å². The van der Waals surface area contributed by atoms with Crippen molar-refractivity contribution in [1.82, 2.24) is 14.0 Å². The van der Waals surface area contributed by atoms with E-state index in [0.717, 1.165) is 16.7 Å². The summed E-state index contributed by atoms with van der Waals surface area (Å²) < 4.78 is 2.93. The van der Waals surface area contributed by atoms with Gasteiger partial charge in [0.25, 0.3) is 5.56 Å². The minimum Gasteiger partial charge on any atom is -0.478 e. The Kier molecular flexibility index (Phi) is 4.50. The highest BCUT2D eigenvalue weighted by atomic mass is 16.4. The third kappa shape index (κ3) is 3.20. The Bertz CT molecular complexity index is 1380. The molecule has 2 N–H and O–H groups in total. The van der Waals surface area contributed by atoms with E-state index in [-0.39, 0.29) is 22.0 Å². The molecule has 29 heavy (non-hydrogen) atoms. The van der Waals surface area contributed by atoms with Crippen LogP contribution in [0.4, 0.5) is 0 Å². The first-order valence-electron chi connectivity index (χ1n) is 9.26. The number of carboxylic acid groups (broad SMARTS) is 1. The molecule has 3 heterocycles. The fraction of sp³-hybridized carbons (Fsp3) is 0.182. The van der Waals surface area contributed by atoms with Crippen molar-refractivity contribution in [2.45, 2.75) is 26.8 Å². The molecule has 0 saturated carbocycles. The third-order valence-electron chi connectivity index (χ3n) is 5.11. The monoisotopic (exact) mass is 388 g/mol. The van der Waals surface area contributed by atoms with E-state index >= 15 is 0 Å². The van der Waals surface area contributed by atoms with Gasteiger partial charge in [0.15, 0.2) is 0 Å². The van der Waals surface area contributed by atoms with Gasteiger partial charge in [-0.2, -0.15) is 0 Å². The van der Waals surface area contributed by atoms with Gasteiger partial charge in [-0.3, -0.25) is 14.6 Å². The fourth-order valence-electron chi connectivity index (χ4n) is 3.47. The van der Waals surface area contributed by atoms with Crippen molar-refractivity contribution in [1.29, 1.82) is 5.41 Å². The van der Waals surface area contributed by atoms with Gasteiger partial charge in [0.05, 0.1) is 5.39 Å². The minimum absolute atomic E-state index is 0.165. The van der Waals surface area contributed by atoms with E-state index in [4.69, 9.17) is 5.41 Å². The molecule has 0 bridgehead atoms. The standard InChI is InChI=1S/C22H20N4O3/c1-13-5-7-15(8-6-13)9-11-25-18(23)16(22(28)29)12-17-20(25)24-19-14(2)4-3-10-26(19)21(17)27/h3-8,10,12,23H,9,11H2,1-2H3,(H,28,29). The van der Waals surface area contributed by atoms with Crippen LogP contribution in [-0.2, 0) is 13.0 Å². The molecule has 7 heteroatoms. The maximum atomic E-state index is 13.0. The lowest BCUT2D eigenvalue weighted by atomic mass is 10.1. The number of hydrogen-bond donors (Lipinski definition) is 2. The number of pyridine rings is 2. The van der Waals surface area contributed by atoms with E-state index in [1.54, 1.807) is 12.3 Å². The van der Waals surface area contributed by atoms with Crippen molar-refractivity contribution in [3.63, 3.8) is 0 Å². The third-order valence-corrected chi connectivity index (χ3v) is 5.11. The molecule has 146 valence electrons. The molecule has 0 saturated heterocycles. The van der Waals surface area contributed by atoms with E-state index in [9.17, 15) is 14.7 Å². The van der Waals surface area contributed by atoms with Gasteiger partial charge in [-0.05, 0) is 43.5 Å². The SMILES string of the molecule is Cc1ccc(CCn2c(=N)c(C(=O)O)cc3c(=O)n4cccc(C)c4nc32)cc1. The summed E-state index contributed by atoms with van der Waals surface area (Å²) in [5.74, 6) is -1.24. The van der Waals surface area contributed by atoms with E-state index in [1.165, 1.54) is 15.0 Å². The summed E-state index contributed by atoms with van der Waals surface area (Å²) in [4.78, 5) is 29.4. The second kappa shape index (κ2) is 7.01. The number of rotatable bonds is 4. The zero-order valence-corrected chi connectivity index (χ0v) is 16.1. The Balaban J connectivity index is 1.98. The molecule has 0 aliphatic carbocycles. The van der Waals surface area contributed by atoms with Crippen LogP contribution in [0.15, 0.2) is 53.5 Å². The largest absolute Gasteiger partial charge is 0.478 e. The summed E-state index contributed by atoms with van der Waals surface area (Å²) in [6, 6.07) is 12.9. The first kappa shape index (κ1) is 18.6. The molecule has 0 atom stereocenters. The van der Waals surface area contributed by atoms with Gasteiger partial charge in [0.1, 0.15) is 22.3 Å². The average molecular weight is 388 g/mol. The Labute approximate surface area is 166 Å². The fourth-order valence-corrected chi connectivity index (χ4v) is 3.47. The molecule has 0 fully saturated rings. The van der Waals surface area contributed by atoms with Crippen molar-refractivity contribution >= 4 is 22.6 Å². The van der Waals surface area contributed by atoms with E-state index in [2.05, 4.69) is 4.98 Å². The van der Waals surface area contributed by atoms with Crippen LogP contribution in [0.25, 0.3) is 16.7 Å². The lowest BCUT2D eigenvalue weighted by molar-refractivity contribution is 0.0694. The number of benzene rings is 1. The smallest absolute Gasteiger partial charge is 0.339 e. The van der Waals surface area contributed by atoms with Crippen molar-refractivity contribution in [2.24, 2.45) is 0 Å². The Morgan fingerprint density at radius 3 is 2.55 bits per heavy atom. The van der Waals surface area contributed by atoms with Gasteiger partial charge in [0, 0.05) is 12.7 Å². The molecule has 1 aromatic carbocycles. The van der Waals surface area contributed by atoms with E-state index < -0.39 is 5.97 Å². The van der Waals surface area contributed by atoms with Gasteiger partial charge >= 0.3 is 5.97 Å². The molecule has 0 unspecified atom stereocenters. The van der Waals surface area contributed by atoms with Crippen LogP contribution in [0.2, 0.25) is 0 Å². The van der Waals surface area contributed by atoms with Crippen LogP contribution in [0.3, 0.4) is 0 Å². The van der Waals surface area contributed by atoms with Gasteiger partial charge in [-0.1, -0.05) is 35.9 Å². The Morgan fingerprint density at radius 2 is 1.86 bits per heavy atom. The predicted molar refractivity (Wildman–Crippen MR) is 109 cm³/mol. The molecule has 0 amide bonds. The number of aryl methyl sites for hydroxylation is 4. The Morgan fingerprint density at radius 1 is 1.14 bits per heavy atom. The normalized spacial score (nSPS) is 11.2. The van der Waals surface area contributed by atoms with Crippen LogP contribution in [0, 0.1) is 19.3 Å². The molecule has 0 aliphatic heterocycles. The summed E-state index contributed by atoms with van der Waals surface area (Å²) >= 11 is 0. The molecule has 0 radical (unpaired) electrons. The molecule has 4 aromatic rings. The number of carbonyl (C=O) groups is 1.